The number of methoxy groups -OCH3 is 1. The molecular weight excluding hydrogens is 404 g/mol. The Morgan fingerprint density at radius 1 is 1.23 bits per heavy atom. The summed E-state index contributed by atoms with van der Waals surface area (Å²) in [6.07, 6.45) is -0.135. The average Bonchev–Trinajstić information content (AvgIpc) is 2.96. The largest absolute Gasteiger partial charge is 0.458 e. The fourth-order valence-corrected chi connectivity index (χ4v) is 4.24. The minimum Gasteiger partial charge on any atom is -0.458 e. The van der Waals surface area contributed by atoms with E-state index in [2.05, 4.69) is 6.58 Å². The Kier molecular flexibility index (Phi) is 7.81. The van der Waals surface area contributed by atoms with E-state index in [4.69, 9.17) is 18.9 Å². The molecule has 0 aromatic heterocycles. The van der Waals surface area contributed by atoms with Gasteiger partial charge in [0.05, 0.1) is 12.0 Å². The number of carbonyl (C=O) groups is 4. The Balaban J connectivity index is 2.56. The highest BCUT2D eigenvalue weighted by atomic mass is 16.6. The van der Waals surface area contributed by atoms with Gasteiger partial charge in [0, 0.05) is 38.0 Å². The minimum atomic E-state index is -1.58. The second-order valence-corrected chi connectivity index (χ2v) is 8.55. The van der Waals surface area contributed by atoms with Gasteiger partial charge in [-0.2, -0.15) is 0 Å². The van der Waals surface area contributed by atoms with Crippen LogP contribution in [-0.2, 0) is 38.1 Å². The third-order valence-corrected chi connectivity index (χ3v) is 6.22. The lowest BCUT2D eigenvalue weighted by Gasteiger charge is -2.38. The van der Waals surface area contributed by atoms with Crippen molar-refractivity contribution >= 4 is 23.7 Å². The molecule has 0 spiro atoms. The van der Waals surface area contributed by atoms with Gasteiger partial charge in [0.1, 0.15) is 12.2 Å². The van der Waals surface area contributed by atoms with Crippen molar-refractivity contribution in [1.82, 2.24) is 0 Å². The number of allylic oxidation sites excluding steroid dienone is 1. The standard InChI is InChI=1S/C23H32O8/c1-8-12(2)21(26)30-18-11-23(6,31-15(5)24)19(25)10-16(28-7)13(3)9-17-20(18)14(4)22(27)29-17/h8,13,16-18,20H,4,9-11H2,1-3,5-7H3/t13-,16-,17-,18+,20+,23-/m1/s1. The molecule has 8 heteroatoms. The summed E-state index contributed by atoms with van der Waals surface area (Å²) in [6.45, 7) is 11.8. The smallest absolute Gasteiger partial charge is 0.334 e. The zero-order chi connectivity index (χ0) is 23.5. The van der Waals surface area contributed by atoms with Crippen LogP contribution in [0.15, 0.2) is 23.8 Å². The molecule has 1 aliphatic carbocycles. The molecule has 0 aromatic rings. The molecule has 0 N–H and O–H groups in total. The zero-order valence-corrected chi connectivity index (χ0v) is 19.1. The number of ether oxygens (including phenoxy) is 4. The highest BCUT2D eigenvalue weighted by molar-refractivity contribution is 5.92. The maximum Gasteiger partial charge on any atom is 0.334 e. The summed E-state index contributed by atoms with van der Waals surface area (Å²) in [5.41, 5.74) is -1.04. The lowest BCUT2D eigenvalue weighted by molar-refractivity contribution is -0.174. The van der Waals surface area contributed by atoms with Gasteiger partial charge in [0.2, 0.25) is 0 Å². The normalized spacial score (nSPS) is 34.6. The minimum absolute atomic E-state index is 0.00227. The third kappa shape index (κ3) is 5.42. The predicted molar refractivity (Wildman–Crippen MR) is 111 cm³/mol. The number of esters is 3. The SMILES string of the molecule is C=C1C(=O)O[C@@H]2C[C@@H](C)[C@H](OC)CC(=O)[C@](C)(OC(C)=O)C[C@H](OC(=O)C(C)=CC)[C@@H]12. The summed E-state index contributed by atoms with van der Waals surface area (Å²) in [5.74, 6) is -2.98. The molecule has 1 saturated heterocycles. The summed E-state index contributed by atoms with van der Waals surface area (Å²) >= 11 is 0. The van der Waals surface area contributed by atoms with E-state index in [9.17, 15) is 19.2 Å². The van der Waals surface area contributed by atoms with Crippen molar-refractivity contribution < 1.29 is 38.1 Å². The van der Waals surface area contributed by atoms with Gasteiger partial charge in [-0.15, -0.1) is 0 Å². The quantitative estimate of drug-likeness (QED) is 0.376. The Morgan fingerprint density at radius 3 is 2.42 bits per heavy atom. The Morgan fingerprint density at radius 2 is 1.87 bits per heavy atom. The fraction of sp³-hybridized carbons (Fsp3) is 0.652. The van der Waals surface area contributed by atoms with Crippen LogP contribution >= 0.6 is 0 Å². The number of ketones is 1. The molecule has 2 fully saturated rings. The molecule has 2 rings (SSSR count). The summed E-state index contributed by atoms with van der Waals surface area (Å²) < 4.78 is 22.3. The molecule has 0 amide bonds. The van der Waals surface area contributed by atoms with E-state index in [0.717, 1.165) is 0 Å². The van der Waals surface area contributed by atoms with Crippen LogP contribution in [0.1, 0.15) is 53.9 Å². The van der Waals surface area contributed by atoms with Crippen molar-refractivity contribution in [2.24, 2.45) is 11.8 Å². The number of hydrogen-bond acceptors (Lipinski definition) is 8. The molecule has 1 aliphatic heterocycles. The first-order chi connectivity index (χ1) is 14.4. The Hall–Kier alpha value is -2.48. The zero-order valence-electron chi connectivity index (χ0n) is 19.1. The second-order valence-electron chi connectivity index (χ2n) is 8.55. The van der Waals surface area contributed by atoms with Crippen LogP contribution < -0.4 is 0 Å². The first-order valence-corrected chi connectivity index (χ1v) is 10.4. The molecule has 8 nitrogen and oxygen atoms in total. The molecular formula is C23H32O8. The molecule has 0 aromatic carbocycles. The van der Waals surface area contributed by atoms with E-state index in [1.807, 2.05) is 6.92 Å². The lowest BCUT2D eigenvalue weighted by Crippen LogP contribution is -2.49. The topological polar surface area (TPSA) is 105 Å². The second kappa shape index (κ2) is 9.77. The van der Waals surface area contributed by atoms with Gasteiger partial charge in [-0.05, 0) is 33.1 Å². The van der Waals surface area contributed by atoms with E-state index < -0.39 is 47.7 Å². The number of carbonyl (C=O) groups excluding carboxylic acids is 4. The van der Waals surface area contributed by atoms with E-state index in [1.165, 1.54) is 21.0 Å². The van der Waals surface area contributed by atoms with Crippen LogP contribution in [0.5, 0.6) is 0 Å². The average molecular weight is 437 g/mol. The molecule has 1 heterocycles. The number of hydrogen-bond donors (Lipinski definition) is 0. The van der Waals surface area contributed by atoms with Crippen molar-refractivity contribution in [3.05, 3.63) is 23.8 Å². The van der Waals surface area contributed by atoms with Gasteiger partial charge < -0.3 is 18.9 Å². The van der Waals surface area contributed by atoms with Gasteiger partial charge in [-0.1, -0.05) is 19.6 Å². The molecule has 0 radical (unpaired) electrons. The van der Waals surface area contributed by atoms with Crippen molar-refractivity contribution in [2.75, 3.05) is 7.11 Å². The molecule has 2 aliphatic rings. The summed E-state index contributed by atoms with van der Waals surface area (Å²) in [5, 5.41) is 0. The molecule has 172 valence electrons. The van der Waals surface area contributed by atoms with E-state index >= 15 is 0 Å². The number of fused-ring (bicyclic) bond motifs is 1. The maximum atomic E-state index is 13.2. The van der Waals surface area contributed by atoms with Gasteiger partial charge in [0.15, 0.2) is 11.4 Å². The van der Waals surface area contributed by atoms with Crippen molar-refractivity contribution in [1.29, 1.82) is 0 Å². The van der Waals surface area contributed by atoms with E-state index in [-0.39, 0.29) is 30.1 Å². The molecule has 1 saturated carbocycles. The van der Waals surface area contributed by atoms with Gasteiger partial charge in [0.25, 0.3) is 0 Å². The van der Waals surface area contributed by atoms with Crippen molar-refractivity contribution in [3.63, 3.8) is 0 Å². The number of Topliss-reactive ketones (excluding diaryl/α,β-unsaturated/α-hetero) is 1. The van der Waals surface area contributed by atoms with Crippen molar-refractivity contribution in [3.8, 4) is 0 Å². The molecule has 6 atom stereocenters. The van der Waals surface area contributed by atoms with Crippen LogP contribution in [0.25, 0.3) is 0 Å². The predicted octanol–water partition coefficient (Wildman–Crippen LogP) is 2.69. The molecule has 31 heavy (non-hydrogen) atoms. The van der Waals surface area contributed by atoms with Crippen LogP contribution in [-0.4, -0.2) is 54.7 Å². The Labute approximate surface area is 182 Å². The van der Waals surface area contributed by atoms with Gasteiger partial charge in [-0.25, -0.2) is 9.59 Å². The van der Waals surface area contributed by atoms with Crippen molar-refractivity contribution in [2.45, 2.75) is 77.8 Å². The maximum absolute atomic E-state index is 13.2. The first kappa shape index (κ1) is 24.8. The van der Waals surface area contributed by atoms with Crippen LogP contribution in [0.3, 0.4) is 0 Å². The highest BCUT2D eigenvalue weighted by Gasteiger charge is 2.51. The first-order valence-electron chi connectivity index (χ1n) is 10.4. The fourth-order valence-electron chi connectivity index (χ4n) is 4.24. The number of rotatable bonds is 4. The van der Waals surface area contributed by atoms with Crippen LogP contribution in [0.2, 0.25) is 0 Å². The monoisotopic (exact) mass is 436 g/mol. The highest BCUT2D eigenvalue weighted by Crippen LogP contribution is 2.41. The summed E-state index contributed by atoms with van der Waals surface area (Å²) in [4.78, 5) is 50.0. The van der Waals surface area contributed by atoms with Gasteiger partial charge in [-0.3, -0.25) is 9.59 Å². The molecule has 0 unspecified atom stereocenters. The Bertz CT molecular complexity index is 797. The van der Waals surface area contributed by atoms with Crippen LogP contribution in [0, 0.1) is 11.8 Å². The van der Waals surface area contributed by atoms with E-state index in [1.54, 1.807) is 19.9 Å². The van der Waals surface area contributed by atoms with Gasteiger partial charge >= 0.3 is 17.9 Å². The summed E-state index contributed by atoms with van der Waals surface area (Å²) in [7, 11) is 1.50. The van der Waals surface area contributed by atoms with E-state index in [0.29, 0.717) is 12.0 Å². The third-order valence-electron chi connectivity index (χ3n) is 6.22. The molecule has 0 bridgehead atoms. The summed E-state index contributed by atoms with van der Waals surface area (Å²) in [6, 6.07) is 0. The lowest BCUT2D eigenvalue weighted by atomic mass is 9.76. The van der Waals surface area contributed by atoms with Crippen LogP contribution in [0.4, 0.5) is 0 Å².